The summed E-state index contributed by atoms with van der Waals surface area (Å²) in [5.74, 6) is -0.631. The molecule has 0 unspecified atom stereocenters. The molecule has 0 saturated heterocycles. The fourth-order valence-electron chi connectivity index (χ4n) is 3.20. The van der Waals surface area contributed by atoms with E-state index >= 15 is 0 Å². The van der Waals surface area contributed by atoms with E-state index in [0.29, 0.717) is 34.1 Å². The summed E-state index contributed by atoms with van der Waals surface area (Å²) in [6.45, 7) is 4.52. The van der Waals surface area contributed by atoms with E-state index in [0.717, 1.165) is 11.0 Å². The normalized spacial score (nSPS) is 11.0. The highest BCUT2D eigenvalue weighted by atomic mass is 32.2. The lowest BCUT2D eigenvalue weighted by molar-refractivity contribution is -0.113. The predicted octanol–water partition coefficient (Wildman–Crippen LogP) is 1.75. The van der Waals surface area contributed by atoms with Crippen LogP contribution in [0.2, 0.25) is 0 Å². The van der Waals surface area contributed by atoms with E-state index in [2.05, 4.69) is 10.3 Å². The zero-order valence-corrected chi connectivity index (χ0v) is 19.2. The van der Waals surface area contributed by atoms with Crippen LogP contribution in [0, 0.1) is 0 Å². The van der Waals surface area contributed by atoms with Gasteiger partial charge in [-0.15, -0.1) is 0 Å². The van der Waals surface area contributed by atoms with Crippen LogP contribution in [0.4, 0.5) is 5.69 Å². The number of carbonyl (C=O) groups excluding carboxylic acids is 2. The maximum Gasteiger partial charge on any atom is 0.338 e. The Morgan fingerprint density at radius 2 is 1.78 bits per heavy atom. The number of carbonyl (C=O) groups is 2. The summed E-state index contributed by atoms with van der Waals surface area (Å²) >= 11 is 1.19. The smallest absolute Gasteiger partial charge is 0.338 e. The van der Waals surface area contributed by atoms with Crippen molar-refractivity contribution < 1.29 is 14.3 Å². The van der Waals surface area contributed by atoms with Crippen molar-refractivity contribution in [2.75, 3.05) is 17.7 Å². The molecule has 0 aliphatic heterocycles. The van der Waals surface area contributed by atoms with Crippen molar-refractivity contribution >= 4 is 40.5 Å². The van der Waals surface area contributed by atoms with Crippen LogP contribution in [0.5, 0.6) is 0 Å². The van der Waals surface area contributed by atoms with Crippen LogP contribution < -0.4 is 16.6 Å². The lowest BCUT2D eigenvalue weighted by atomic mass is 10.2. The molecule has 10 nitrogen and oxygen atoms in total. The molecule has 0 bridgehead atoms. The number of benzene rings is 1. The number of fused-ring (bicyclic) bond motifs is 1. The second kappa shape index (κ2) is 9.86. The largest absolute Gasteiger partial charge is 0.462 e. The fraction of sp³-hybridized carbons (Fsp3) is 0.381. The minimum atomic E-state index is -0.454. The van der Waals surface area contributed by atoms with E-state index < -0.39 is 17.2 Å². The van der Waals surface area contributed by atoms with Gasteiger partial charge in [-0.05, 0) is 37.6 Å². The third-order valence-corrected chi connectivity index (χ3v) is 5.75. The highest BCUT2D eigenvalue weighted by molar-refractivity contribution is 7.99. The molecule has 0 atom stereocenters. The Morgan fingerprint density at radius 1 is 1.09 bits per heavy atom. The standard InChI is InChI=1S/C21H25N5O5S/c1-5-11-26-16-17(24(3)21(30)25(4)18(16)28)23-20(26)32-12-15(27)22-14-9-7-13(8-10-14)19(29)31-6-2/h7-10H,5-6,11-12H2,1-4H3,(H,22,27). The third-order valence-electron chi connectivity index (χ3n) is 4.77. The number of nitrogens with one attached hydrogen (secondary N) is 1. The predicted molar refractivity (Wildman–Crippen MR) is 122 cm³/mol. The second-order valence-corrected chi connectivity index (χ2v) is 8.00. The van der Waals surface area contributed by atoms with Gasteiger partial charge in [0.15, 0.2) is 16.3 Å². The van der Waals surface area contributed by atoms with Crippen LogP contribution in [0.3, 0.4) is 0 Å². The number of rotatable bonds is 8. The Labute approximate surface area is 188 Å². The van der Waals surface area contributed by atoms with Gasteiger partial charge in [0.1, 0.15) is 0 Å². The number of ether oxygens (including phenoxy) is 1. The molecule has 0 spiro atoms. The number of imidazole rings is 1. The summed E-state index contributed by atoms with van der Waals surface area (Å²) < 4.78 is 9.08. The molecule has 32 heavy (non-hydrogen) atoms. The number of aromatic nitrogens is 4. The fourth-order valence-corrected chi connectivity index (χ4v) is 4.02. The number of esters is 1. The van der Waals surface area contributed by atoms with Gasteiger partial charge in [0.2, 0.25) is 5.91 Å². The van der Waals surface area contributed by atoms with E-state index in [1.165, 1.54) is 23.4 Å². The Balaban J connectivity index is 1.78. The molecular formula is C21H25N5O5S. The van der Waals surface area contributed by atoms with Gasteiger partial charge in [0.25, 0.3) is 5.56 Å². The van der Waals surface area contributed by atoms with Crippen molar-refractivity contribution in [3.05, 3.63) is 50.7 Å². The van der Waals surface area contributed by atoms with E-state index in [1.54, 1.807) is 42.8 Å². The van der Waals surface area contributed by atoms with Crippen LogP contribution in [0.1, 0.15) is 30.6 Å². The molecule has 11 heteroatoms. The molecule has 0 aliphatic rings. The SMILES string of the molecule is CCCn1c(SCC(=O)Nc2ccc(C(=O)OCC)cc2)nc2c1c(=O)n(C)c(=O)n2C. The Morgan fingerprint density at radius 3 is 2.41 bits per heavy atom. The van der Waals surface area contributed by atoms with Gasteiger partial charge in [-0.1, -0.05) is 18.7 Å². The number of thioether (sulfide) groups is 1. The molecule has 0 aliphatic carbocycles. The average Bonchev–Trinajstić information content (AvgIpc) is 3.14. The Hall–Kier alpha value is -3.34. The minimum Gasteiger partial charge on any atom is -0.462 e. The number of aryl methyl sites for hydroxylation is 2. The van der Waals surface area contributed by atoms with Crippen molar-refractivity contribution in [3.63, 3.8) is 0 Å². The molecular weight excluding hydrogens is 434 g/mol. The minimum absolute atomic E-state index is 0.0565. The van der Waals surface area contributed by atoms with Crippen molar-refractivity contribution in [2.24, 2.45) is 14.1 Å². The molecule has 0 radical (unpaired) electrons. The van der Waals surface area contributed by atoms with Gasteiger partial charge in [-0.3, -0.25) is 18.7 Å². The molecule has 1 N–H and O–H groups in total. The first-order valence-electron chi connectivity index (χ1n) is 10.1. The van der Waals surface area contributed by atoms with E-state index in [1.807, 2.05) is 6.92 Å². The molecule has 3 aromatic rings. The molecule has 170 valence electrons. The summed E-state index contributed by atoms with van der Waals surface area (Å²) in [6.07, 6.45) is 0.754. The number of amides is 1. The lowest BCUT2D eigenvalue weighted by Gasteiger charge is -2.08. The molecule has 2 aromatic heterocycles. The second-order valence-electron chi connectivity index (χ2n) is 7.06. The molecule has 0 fully saturated rings. The maximum absolute atomic E-state index is 12.7. The number of hydrogen-bond donors (Lipinski definition) is 1. The average molecular weight is 460 g/mol. The van der Waals surface area contributed by atoms with Crippen molar-refractivity contribution in [1.82, 2.24) is 18.7 Å². The number of anilines is 1. The summed E-state index contributed by atoms with van der Waals surface area (Å²) in [6, 6.07) is 6.41. The lowest BCUT2D eigenvalue weighted by Crippen LogP contribution is -2.37. The van der Waals surface area contributed by atoms with E-state index in [4.69, 9.17) is 4.74 Å². The van der Waals surface area contributed by atoms with Gasteiger partial charge < -0.3 is 14.6 Å². The highest BCUT2D eigenvalue weighted by Crippen LogP contribution is 2.22. The third kappa shape index (κ3) is 4.62. The van der Waals surface area contributed by atoms with E-state index in [-0.39, 0.29) is 18.3 Å². The van der Waals surface area contributed by atoms with Gasteiger partial charge in [0.05, 0.1) is 17.9 Å². The van der Waals surface area contributed by atoms with Crippen molar-refractivity contribution in [2.45, 2.75) is 32.0 Å². The quantitative estimate of drug-likeness (QED) is 0.403. The van der Waals surface area contributed by atoms with Crippen LogP contribution >= 0.6 is 11.8 Å². The highest BCUT2D eigenvalue weighted by Gasteiger charge is 2.19. The van der Waals surface area contributed by atoms with Gasteiger partial charge in [0, 0.05) is 26.3 Å². The van der Waals surface area contributed by atoms with Crippen molar-refractivity contribution in [1.29, 1.82) is 0 Å². The maximum atomic E-state index is 12.7. The van der Waals surface area contributed by atoms with Gasteiger partial charge >= 0.3 is 11.7 Å². The summed E-state index contributed by atoms with van der Waals surface area (Å²) in [5, 5.41) is 3.26. The first-order valence-corrected chi connectivity index (χ1v) is 11.1. The Kier molecular flexibility index (Phi) is 7.18. The zero-order chi connectivity index (χ0) is 23.4. The summed E-state index contributed by atoms with van der Waals surface area (Å²) in [7, 11) is 3.00. The molecule has 1 aromatic carbocycles. The van der Waals surface area contributed by atoms with Crippen molar-refractivity contribution in [3.8, 4) is 0 Å². The first-order chi connectivity index (χ1) is 15.3. The Bertz CT molecular complexity index is 1270. The number of nitrogens with zero attached hydrogens (tertiary/aromatic N) is 4. The monoisotopic (exact) mass is 459 g/mol. The van der Waals surface area contributed by atoms with Crippen LogP contribution in [0.25, 0.3) is 11.2 Å². The molecule has 2 heterocycles. The molecule has 3 rings (SSSR count). The van der Waals surface area contributed by atoms with Crippen LogP contribution in [-0.2, 0) is 30.2 Å². The van der Waals surface area contributed by atoms with Gasteiger partial charge in [-0.2, -0.15) is 0 Å². The zero-order valence-electron chi connectivity index (χ0n) is 18.4. The molecule has 0 saturated carbocycles. The molecule has 1 amide bonds. The van der Waals surface area contributed by atoms with Gasteiger partial charge in [-0.25, -0.2) is 14.6 Å². The topological polar surface area (TPSA) is 117 Å². The summed E-state index contributed by atoms with van der Waals surface area (Å²) in [5.41, 5.74) is 0.714. The van der Waals surface area contributed by atoms with E-state index in [9.17, 15) is 19.2 Å². The number of hydrogen-bond acceptors (Lipinski definition) is 7. The van der Waals surface area contributed by atoms with Crippen LogP contribution in [-0.4, -0.2) is 42.9 Å². The summed E-state index contributed by atoms with van der Waals surface area (Å²) in [4.78, 5) is 53.5. The van der Waals surface area contributed by atoms with Crippen LogP contribution in [0.15, 0.2) is 39.0 Å². The first kappa shape index (κ1) is 23.3.